The normalized spacial score (nSPS) is 16.9. The molecule has 2 aromatic heterocycles. The number of amides is 1. The van der Waals surface area contributed by atoms with Crippen LogP contribution < -0.4 is 11.1 Å². The molecule has 0 aromatic carbocycles. The number of hydrogen-bond acceptors (Lipinski definition) is 9. The third-order valence-electron chi connectivity index (χ3n) is 4.31. The number of anilines is 1. The predicted octanol–water partition coefficient (Wildman–Crippen LogP) is 0.519. The van der Waals surface area contributed by atoms with E-state index < -0.39 is 0 Å². The number of nitrogens with zero attached hydrogens (tertiary/aromatic N) is 5. The van der Waals surface area contributed by atoms with Gasteiger partial charge in [-0.1, -0.05) is 0 Å². The van der Waals surface area contributed by atoms with E-state index in [4.69, 9.17) is 15.5 Å². The minimum absolute atomic E-state index is 0.106. The van der Waals surface area contributed by atoms with Crippen LogP contribution in [0.25, 0.3) is 0 Å². The van der Waals surface area contributed by atoms with Crippen molar-refractivity contribution in [2.24, 2.45) is 9.98 Å². The summed E-state index contributed by atoms with van der Waals surface area (Å²) in [5.41, 5.74) is 7.27. The van der Waals surface area contributed by atoms with Gasteiger partial charge < -0.3 is 20.7 Å². The zero-order valence-corrected chi connectivity index (χ0v) is 15.6. The summed E-state index contributed by atoms with van der Waals surface area (Å²) in [6.07, 6.45) is 3.24. The third kappa shape index (κ3) is 3.53. The molecule has 4 heterocycles. The maximum atomic E-state index is 12.1. The quantitative estimate of drug-likeness (QED) is 0.778. The Balaban J connectivity index is 1.77. The predicted molar refractivity (Wildman–Crippen MR) is 103 cm³/mol. The van der Waals surface area contributed by atoms with Crippen molar-refractivity contribution < 1.29 is 9.53 Å². The fourth-order valence-corrected chi connectivity index (χ4v) is 4.05. The van der Waals surface area contributed by atoms with E-state index in [1.54, 1.807) is 19.4 Å². The Kier molecular flexibility index (Phi) is 4.82. The molecule has 2 aliphatic rings. The van der Waals surface area contributed by atoms with E-state index in [1.807, 2.05) is 6.07 Å². The van der Waals surface area contributed by atoms with Gasteiger partial charge in [0.2, 0.25) is 5.95 Å². The Hall–Kier alpha value is -2.85. The molecular formula is C17H19N7O2S. The first-order valence-electron chi connectivity index (χ1n) is 8.54. The number of hydrogen-bond donors (Lipinski definition) is 2. The maximum absolute atomic E-state index is 12.1. The number of carbonyl (C=O) groups is 1. The number of rotatable bonds is 2. The summed E-state index contributed by atoms with van der Waals surface area (Å²) in [6.45, 7) is 3.17. The molecular weight excluding hydrogens is 366 g/mol. The van der Waals surface area contributed by atoms with E-state index in [0.29, 0.717) is 36.0 Å². The molecule has 2 aromatic rings. The molecule has 4 rings (SSSR count). The second kappa shape index (κ2) is 7.41. The molecule has 1 saturated heterocycles. The van der Waals surface area contributed by atoms with Crippen LogP contribution in [0.3, 0.4) is 0 Å². The molecule has 1 fully saturated rings. The van der Waals surface area contributed by atoms with Crippen molar-refractivity contribution in [3.8, 4) is 0 Å². The first kappa shape index (κ1) is 17.6. The topological polar surface area (TPSA) is 118 Å². The highest BCUT2D eigenvalue weighted by molar-refractivity contribution is 7.16. The molecule has 2 aliphatic heterocycles. The molecule has 140 valence electrons. The number of aromatic nitrogens is 2. The van der Waals surface area contributed by atoms with Crippen molar-refractivity contribution in [2.75, 3.05) is 39.1 Å². The molecule has 27 heavy (non-hydrogen) atoms. The zero-order valence-electron chi connectivity index (χ0n) is 14.8. The Morgan fingerprint density at radius 2 is 2.04 bits per heavy atom. The van der Waals surface area contributed by atoms with Crippen molar-refractivity contribution in [1.29, 1.82) is 0 Å². The Morgan fingerprint density at radius 3 is 2.74 bits per heavy atom. The van der Waals surface area contributed by atoms with Gasteiger partial charge in [-0.05, 0) is 11.6 Å². The first-order valence-corrected chi connectivity index (χ1v) is 9.36. The molecule has 0 unspecified atom stereocenters. The van der Waals surface area contributed by atoms with Crippen LogP contribution in [-0.4, -0.2) is 65.8 Å². The molecule has 0 aliphatic carbocycles. The van der Waals surface area contributed by atoms with Crippen LogP contribution in [0.1, 0.15) is 25.7 Å². The Bertz CT molecular complexity index is 914. The van der Waals surface area contributed by atoms with Crippen LogP contribution in [0.2, 0.25) is 0 Å². The minimum Gasteiger partial charge on any atom is -0.378 e. The summed E-state index contributed by atoms with van der Waals surface area (Å²) >= 11 is 1.43. The van der Waals surface area contributed by atoms with Gasteiger partial charge in [0, 0.05) is 32.5 Å². The van der Waals surface area contributed by atoms with Crippen LogP contribution >= 0.6 is 11.3 Å². The highest BCUT2D eigenvalue weighted by Gasteiger charge is 2.26. The molecule has 0 bridgehead atoms. The average Bonchev–Trinajstić information content (AvgIpc) is 3.05. The summed E-state index contributed by atoms with van der Waals surface area (Å²) in [7, 11) is 1.63. The van der Waals surface area contributed by atoms with Gasteiger partial charge in [-0.3, -0.25) is 9.79 Å². The fourth-order valence-electron chi connectivity index (χ4n) is 2.92. The van der Waals surface area contributed by atoms with Gasteiger partial charge in [0.25, 0.3) is 5.91 Å². The van der Waals surface area contributed by atoms with Gasteiger partial charge in [-0.2, -0.15) is 0 Å². The van der Waals surface area contributed by atoms with E-state index in [0.717, 1.165) is 29.4 Å². The SMILES string of the molecule is CNC(=O)c1cc2c(s1)C(N1CCOCC1)=NC(c1cnc(N)nc1)=NC2. The molecule has 1 amide bonds. The molecule has 10 heteroatoms. The number of amidine groups is 2. The second-order valence-corrected chi connectivity index (χ2v) is 7.10. The molecule has 0 spiro atoms. The molecule has 0 radical (unpaired) electrons. The number of aliphatic imine (C=N–C) groups is 2. The lowest BCUT2D eigenvalue weighted by Gasteiger charge is -2.29. The van der Waals surface area contributed by atoms with E-state index in [-0.39, 0.29) is 11.9 Å². The van der Waals surface area contributed by atoms with Crippen molar-refractivity contribution >= 4 is 34.9 Å². The van der Waals surface area contributed by atoms with Crippen molar-refractivity contribution in [3.63, 3.8) is 0 Å². The second-order valence-electron chi connectivity index (χ2n) is 6.05. The number of fused-ring (bicyclic) bond motifs is 1. The smallest absolute Gasteiger partial charge is 0.261 e. The average molecular weight is 385 g/mol. The Morgan fingerprint density at radius 1 is 1.30 bits per heavy atom. The summed E-state index contributed by atoms with van der Waals surface area (Å²) in [6, 6.07) is 1.89. The maximum Gasteiger partial charge on any atom is 0.261 e. The van der Waals surface area contributed by atoms with Crippen LogP contribution in [0.4, 0.5) is 5.95 Å². The molecule has 0 atom stereocenters. The lowest BCUT2D eigenvalue weighted by molar-refractivity contribution is 0.0684. The highest BCUT2D eigenvalue weighted by Crippen LogP contribution is 2.28. The lowest BCUT2D eigenvalue weighted by Crippen LogP contribution is -2.41. The van der Waals surface area contributed by atoms with Crippen molar-refractivity contribution in [3.05, 3.63) is 39.3 Å². The number of nitrogens with two attached hydrogens (primary N) is 1. The fraction of sp³-hybridized carbons (Fsp3) is 0.353. The standard InChI is InChI=1S/C17H19N7O2S/c1-19-16(25)12-6-10-7-20-14(11-8-21-17(18)22-9-11)23-15(13(10)27-12)24-2-4-26-5-3-24/h6,8-9H,2-5,7H2,1H3,(H,19,25)(H2,18,21,22). The van der Waals surface area contributed by atoms with E-state index in [1.165, 1.54) is 11.3 Å². The van der Waals surface area contributed by atoms with E-state index >= 15 is 0 Å². The Labute approximate surface area is 160 Å². The monoisotopic (exact) mass is 385 g/mol. The summed E-state index contributed by atoms with van der Waals surface area (Å²) < 4.78 is 5.47. The van der Waals surface area contributed by atoms with Gasteiger partial charge >= 0.3 is 0 Å². The molecule has 0 saturated carbocycles. The summed E-state index contributed by atoms with van der Waals surface area (Å²) in [4.78, 5) is 33.4. The van der Waals surface area contributed by atoms with Crippen LogP contribution in [0.15, 0.2) is 28.4 Å². The number of nitrogen functional groups attached to an aromatic ring is 1. The summed E-state index contributed by atoms with van der Waals surface area (Å²) in [5.74, 6) is 1.47. The number of morpholine rings is 1. The third-order valence-corrected chi connectivity index (χ3v) is 5.49. The van der Waals surface area contributed by atoms with Gasteiger partial charge in [-0.25, -0.2) is 15.0 Å². The van der Waals surface area contributed by atoms with Gasteiger partial charge in [0.15, 0.2) is 5.84 Å². The van der Waals surface area contributed by atoms with Gasteiger partial charge in [0.05, 0.1) is 35.1 Å². The zero-order chi connectivity index (χ0) is 18.8. The number of ether oxygens (including phenoxy) is 1. The largest absolute Gasteiger partial charge is 0.378 e. The van der Waals surface area contributed by atoms with Crippen LogP contribution in [0, 0.1) is 0 Å². The number of carbonyl (C=O) groups excluding carboxylic acids is 1. The lowest BCUT2D eigenvalue weighted by atomic mass is 10.2. The van der Waals surface area contributed by atoms with Gasteiger partial charge in [-0.15, -0.1) is 11.3 Å². The summed E-state index contributed by atoms with van der Waals surface area (Å²) in [5, 5.41) is 2.67. The highest BCUT2D eigenvalue weighted by atomic mass is 32.1. The van der Waals surface area contributed by atoms with E-state index in [9.17, 15) is 4.79 Å². The van der Waals surface area contributed by atoms with Crippen LogP contribution in [0.5, 0.6) is 0 Å². The molecule has 3 N–H and O–H groups in total. The van der Waals surface area contributed by atoms with Crippen molar-refractivity contribution in [2.45, 2.75) is 6.54 Å². The first-order chi connectivity index (χ1) is 13.2. The van der Waals surface area contributed by atoms with Crippen LogP contribution in [-0.2, 0) is 11.3 Å². The molecule has 9 nitrogen and oxygen atoms in total. The number of nitrogens with one attached hydrogen (secondary N) is 1. The van der Waals surface area contributed by atoms with E-state index in [2.05, 4.69) is 25.2 Å². The van der Waals surface area contributed by atoms with Crippen molar-refractivity contribution in [1.82, 2.24) is 20.2 Å². The minimum atomic E-state index is -0.106. The number of thiophene rings is 1. The van der Waals surface area contributed by atoms with Gasteiger partial charge in [0.1, 0.15) is 5.84 Å².